The van der Waals surface area contributed by atoms with Gasteiger partial charge in [0.05, 0.1) is 5.41 Å². The molecule has 108 valence electrons. The minimum Gasteiger partial charge on any atom is -0.481 e. The van der Waals surface area contributed by atoms with E-state index in [0.29, 0.717) is 25.4 Å². The van der Waals surface area contributed by atoms with Crippen molar-refractivity contribution in [2.75, 3.05) is 19.6 Å². The molecule has 5 nitrogen and oxygen atoms in total. The molecule has 1 N–H and O–H groups in total. The topological polar surface area (TPSA) is 60.9 Å². The van der Waals surface area contributed by atoms with E-state index >= 15 is 0 Å². The molecule has 2 heterocycles. The van der Waals surface area contributed by atoms with Crippen molar-refractivity contribution in [2.45, 2.75) is 46.1 Å². The molecule has 2 amide bonds. The normalized spacial score (nSPS) is 35.5. The molecule has 0 spiro atoms. The lowest BCUT2D eigenvalue weighted by molar-refractivity contribution is -0.147. The SMILES string of the molecule is CC1CCC(C)N(C(=O)N2CCC(C)(C(=O)O)C2)C1. The van der Waals surface area contributed by atoms with Crippen molar-refractivity contribution in [1.82, 2.24) is 9.80 Å². The lowest BCUT2D eigenvalue weighted by Crippen LogP contribution is -2.51. The van der Waals surface area contributed by atoms with Crippen LogP contribution in [0.1, 0.15) is 40.0 Å². The van der Waals surface area contributed by atoms with Gasteiger partial charge in [0.15, 0.2) is 0 Å². The number of carbonyl (C=O) groups is 2. The van der Waals surface area contributed by atoms with E-state index in [1.54, 1.807) is 11.8 Å². The van der Waals surface area contributed by atoms with Crippen LogP contribution in [0, 0.1) is 11.3 Å². The van der Waals surface area contributed by atoms with Crippen molar-refractivity contribution < 1.29 is 14.7 Å². The molecule has 2 saturated heterocycles. The fourth-order valence-electron chi connectivity index (χ4n) is 3.04. The third-order valence-corrected chi connectivity index (χ3v) is 4.62. The second kappa shape index (κ2) is 5.02. The maximum atomic E-state index is 12.5. The van der Waals surface area contributed by atoms with Crippen molar-refractivity contribution >= 4 is 12.0 Å². The summed E-state index contributed by atoms with van der Waals surface area (Å²) in [6.07, 6.45) is 2.75. The van der Waals surface area contributed by atoms with Gasteiger partial charge in [-0.1, -0.05) is 6.92 Å². The van der Waals surface area contributed by atoms with Crippen LogP contribution in [0.25, 0.3) is 0 Å². The van der Waals surface area contributed by atoms with Crippen LogP contribution in [0.4, 0.5) is 4.79 Å². The van der Waals surface area contributed by atoms with Gasteiger partial charge < -0.3 is 14.9 Å². The summed E-state index contributed by atoms with van der Waals surface area (Å²) < 4.78 is 0. The number of rotatable bonds is 1. The summed E-state index contributed by atoms with van der Waals surface area (Å²) in [6, 6.07) is 0.282. The highest BCUT2D eigenvalue weighted by molar-refractivity contribution is 5.79. The molecule has 2 fully saturated rings. The summed E-state index contributed by atoms with van der Waals surface area (Å²) in [5.41, 5.74) is -0.777. The summed E-state index contributed by atoms with van der Waals surface area (Å²) in [7, 11) is 0. The molecule has 0 saturated carbocycles. The standard InChI is InChI=1S/C14H24N2O3/c1-10-4-5-11(2)16(8-10)13(19)15-7-6-14(3,9-15)12(17)18/h10-11H,4-9H2,1-3H3,(H,17,18). The van der Waals surface area contributed by atoms with Gasteiger partial charge in [0.2, 0.25) is 0 Å². The molecule has 3 unspecified atom stereocenters. The molecule has 0 aliphatic carbocycles. The van der Waals surface area contributed by atoms with Crippen LogP contribution in [-0.4, -0.2) is 52.6 Å². The zero-order chi connectivity index (χ0) is 14.2. The molecule has 0 aromatic carbocycles. The zero-order valence-electron chi connectivity index (χ0n) is 12.1. The Labute approximate surface area is 114 Å². The number of carboxylic acid groups (broad SMARTS) is 1. The van der Waals surface area contributed by atoms with Crippen LogP contribution < -0.4 is 0 Å². The predicted octanol–water partition coefficient (Wildman–Crippen LogP) is 2.02. The highest BCUT2D eigenvalue weighted by atomic mass is 16.4. The van der Waals surface area contributed by atoms with Crippen molar-refractivity contribution in [3.05, 3.63) is 0 Å². The number of urea groups is 1. The van der Waals surface area contributed by atoms with Crippen LogP contribution in [-0.2, 0) is 4.79 Å². The highest BCUT2D eigenvalue weighted by Gasteiger charge is 2.43. The Balaban J connectivity index is 2.03. The highest BCUT2D eigenvalue weighted by Crippen LogP contribution is 2.32. The number of carbonyl (C=O) groups excluding carboxylic acids is 1. The van der Waals surface area contributed by atoms with Gasteiger partial charge in [-0.2, -0.15) is 0 Å². The molecule has 0 aromatic rings. The summed E-state index contributed by atoms with van der Waals surface area (Å²) in [4.78, 5) is 27.4. The molecule has 0 aromatic heterocycles. The first-order valence-electron chi connectivity index (χ1n) is 7.12. The van der Waals surface area contributed by atoms with Crippen molar-refractivity contribution in [1.29, 1.82) is 0 Å². The van der Waals surface area contributed by atoms with Crippen LogP contribution in [0.15, 0.2) is 0 Å². The second-order valence-corrected chi connectivity index (χ2v) is 6.50. The summed E-state index contributed by atoms with van der Waals surface area (Å²) >= 11 is 0. The average Bonchev–Trinajstić information content (AvgIpc) is 2.76. The Morgan fingerprint density at radius 1 is 1.26 bits per heavy atom. The van der Waals surface area contributed by atoms with Gasteiger partial charge in [0.25, 0.3) is 0 Å². The minimum atomic E-state index is -0.803. The molecule has 2 aliphatic heterocycles. The Kier molecular flexibility index (Phi) is 3.74. The van der Waals surface area contributed by atoms with E-state index in [9.17, 15) is 14.7 Å². The number of hydrogen-bond donors (Lipinski definition) is 1. The number of amides is 2. The number of aliphatic carboxylic acids is 1. The Morgan fingerprint density at radius 2 is 1.95 bits per heavy atom. The monoisotopic (exact) mass is 268 g/mol. The van der Waals surface area contributed by atoms with E-state index in [1.165, 1.54) is 0 Å². The van der Waals surface area contributed by atoms with E-state index in [4.69, 9.17) is 0 Å². The molecule has 5 heteroatoms. The van der Waals surface area contributed by atoms with Crippen LogP contribution in [0.3, 0.4) is 0 Å². The molecule has 0 bridgehead atoms. The van der Waals surface area contributed by atoms with Crippen molar-refractivity contribution in [3.63, 3.8) is 0 Å². The van der Waals surface area contributed by atoms with Crippen LogP contribution >= 0.6 is 0 Å². The maximum absolute atomic E-state index is 12.5. The predicted molar refractivity (Wildman–Crippen MR) is 71.9 cm³/mol. The smallest absolute Gasteiger partial charge is 0.320 e. The van der Waals surface area contributed by atoms with Gasteiger partial charge in [-0.05, 0) is 39.0 Å². The zero-order valence-corrected chi connectivity index (χ0v) is 12.1. The molecule has 3 atom stereocenters. The Hall–Kier alpha value is -1.26. The van der Waals surface area contributed by atoms with Gasteiger partial charge in [0.1, 0.15) is 0 Å². The quantitative estimate of drug-likeness (QED) is 0.791. The van der Waals surface area contributed by atoms with Crippen molar-refractivity contribution in [2.24, 2.45) is 11.3 Å². The summed E-state index contributed by atoms with van der Waals surface area (Å²) in [6.45, 7) is 7.65. The fourth-order valence-corrected chi connectivity index (χ4v) is 3.04. The summed E-state index contributed by atoms with van der Waals surface area (Å²) in [5, 5.41) is 9.22. The molecule has 19 heavy (non-hydrogen) atoms. The van der Waals surface area contributed by atoms with E-state index in [1.807, 2.05) is 4.90 Å². The number of likely N-dealkylation sites (tertiary alicyclic amines) is 2. The largest absolute Gasteiger partial charge is 0.481 e. The average molecular weight is 268 g/mol. The minimum absolute atomic E-state index is 0.0176. The summed E-state index contributed by atoms with van der Waals surface area (Å²) in [5.74, 6) is -0.267. The molecule has 0 radical (unpaired) electrons. The van der Waals surface area contributed by atoms with Crippen LogP contribution in [0.5, 0.6) is 0 Å². The molecular formula is C14H24N2O3. The molecular weight excluding hydrogens is 244 g/mol. The molecule has 2 aliphatic rings. The number of piperidine rings is 1. The van der Waals surface area contributed by atoms with E-state index in [0.717, 1.165) is 19.4 Å². The van der Waals surface area contributed by atoms with Gasteiger partial charge in [-0.3, -0.25) is 4.79 Å². The number of nitrogens with zero attached hydrogens (tertiary/aromatic N) is 2. The van der Waals surface area contributed by atoms with Crippen LogP contribution in [0.2, 0.25) is 0 Å². The number of hydrogen-bond acceptors (Lipinski definition) is 2. The molecule has 2 rings (SSSR count). The third-order valence-electron chi connectivity index (χ3n) is 4.62. The third kappa shape index (κ3) is 2.69. The second-order valence-electron chi connectivity index (χ2n) is 6.50. The van der Waals surface area contributed by atoms with Crippen molar-refractivity contribution in [3.8, 4) is 0 Å². The first kappa shape index (κ1) is 14.2. The van der Waals surface area contributed by atoms with Gasteiger partial charge in [-0.25, -0.2) is 4.79 Å². The van der Waals surface area contributed by atoms with E-state index in [-0.39, 0.29) is 12.1 Å². The number of carboxylic acids is 1. The first-order valence-corrected chi connectivity index (χ1v) is 7.12. The van der Waals surface area contributed by atoms with Gasteiger partial charge >= 0.3 is 12.0 Å². The maximum Gasteiger partial charge on any atom is 0.320 e. The van der Waals surface area contributed by atoms with E-state index in [2.05, 4.69) is 13.8 Å². The Bertz CT molecular complexity index is 385. The lowest BCUT2D eigenvalue weighted by atomic mass is 9.90. The lowest BCUT2D eigenvalue weighted by Gasteiger charge is -2.39. The fraction of sp³-hybridized carbons (Fsp3) is 0.857. The van der Waals surface area contributed by atoms with Gasteiger partial charge in [0, 0.05) is 25.7 Å². The van der Waals surface area contributed by atoms with E-state index < -0.39 is 11.4 Å². The van der Waals surface area contributed by atoms with Gasteiger partial charge in [-0.15, -0.1) is 0 Å². The Morgan fingerprint density at radius 3 is 2.53 bits per heavy atom. The first-order chi connectivity index (χ1) is 8.83.